The maximum atomic E-state index is 11.6. The van der Waals surface area contributed by atoms with Crippen LogP contribution in [0.1, 0.15) is 9.67 Å². The minimum Gasteiger partial charge on any atom is -0.298 e. The number of carbonyl (C=O) groups excluding carboxylic acids is 1. The monoisotopic (exact) mass is 296 g/mol. The largest absolute Gasteiger partial charge is 0.298 e. The fourth-order valence-electron chi connectivity index (χ4n) is 1.15. The van der Waals surface area contributed by atoms with Gasteiger partial charge in [0, 0.05) is 0 Å². The van der Waals surface area contributed by atoms with E-state index in [1.165, 1.54) is 11.3 Å². The zero-order valence-electron chi connectivity index (χ0n) is 8.24. The molecule has 1 heterocycles. The Hall–Kier alpha value is -1.33. The molecule has 0 bridgehead atoms. The van der Waals surface area contributed by atoms with Crippen LogP contribution in [0.5, 0.6) is 0 Å². The lowest BCUT2D eigenvalue weighted by Crippen LogP contribution is -2.28. The topological polar surface area (TPSA) is 41.1 Å². The number of benzene rings is 1. The van der Waals surface area contributed by atoms with Gasteiger partial charge in [0.25, 0.3) is 5.91 Å². The molecule has 0 saturated heterocycles. The second-order valence-electron chi connectivity index (χ2n) is 3.05. The number of nitrogens with one attached hydrogen (secondary N) is 2. The van der Waals surface area contributed by atoms with Crippen LogP contribution in [0, 0.1) is 0 Å². The van der Waals surface area contributed by atoms with Gasteiger partial charge >= 0.3 is 0 Å². The summed E-state index contributed by atoms with van der Waals surface area (Å²) < 4.78 is 0.942. The van der Waals surface area contributed by atoms with Crippen LogP contribution in [0.15, 0.2) is 46.3 Å². The summed E-state index contributed by atoms with van der Waals surface area (Å²) in [5.74, 6) is -0.139. The Balaban J connectivity index is 1.94. The molecule has 0 atom stereocenters. The van der Waals surface area contributed by atoms with Crippen molar-refractivity contribution >= 4 is 38.9 Å². The molecular formula is C11H9BrN2OS. The molecule has 1 aromatic carbocycles. The summed E-state index contributed by atoms with van der Waals surface area (Å²) in [5.41, 5.74) is 6.33. The number of rotatable bonds is 3. The lowest BCUT2D eigenvalue weighted by molar-refractivity contribution is 0.0966. The van der Waals surface area contributed by atoms with Gasteiger partial charge in [-0.3, -0.25) is 15.6 Å². The van der Waals surface area contributed by atoms with Gasteiger partial charge in [0.2, 0.25) is 0 Å². The van der Waals surface area contributed by atoms with Crippen LogP contribution in [-0.4, -0.2) is 5.91 Å². The Morgan fingerprint density at radius 3 is 2.50 bits per heavy atom. The molecule has 82 valence electrons. The molecule has 3 nitrogen and oxygen atoms in total. The first-order valence-electron chi connectivity index (χ1n) is 4.62. The predicted octanol–water partition coefficient (Wildman–Crippen LogP) is 3.27. The Bertz CT molecular complexity index is 484. The molecule has 0 saturated carbocycles. The highest BCUT2D eigenvalue weighted by Crippen LogP contribution is 2.21. The molecular weight excluding hydrogens is 288 g/mol. The van der Waals surface area contributed by atoms with Crippen molar-refractivity contribution in [2.45, 2.75) is 0 Å². The number of amides is 1. The summed E-state index contributed by atoms with van der Waals surface area (Å²) in [5, 5.41) is 0. The zero-order chi connectivity index (χ0) is 11.4. The van der Waals surface area contributed by atoms with E-state index in [2.05, 4.69) is 26.8 Å². The number of para-hydroxylation sites is 1. The van der Waals surface area contributed by atoms with E-state index in [4.69, 9.17) is 0 Å². The van der Waals surface area contributed by atoms with Crippen LogP contribution >= 0.6 is 27.3 Å². The summed E-state index contributed by atoms with van der Waals surface area (Å²) in [6, 6.07) is 13.1. The second kappa shape index (κ2) is 5.14. The Kier molecular flexibility index (Phi) is 3.58. The third-order valence-electron chi connectivity index (χ3n) is 1.89. The number of anilines is 1. The lowest BCUT2D eigenvalue weighted by atomic mass is 10.3. The molecule has 16 heavy (non-hydrogen) atoms. The molecule has 2 aromatic rings. The molecule has 0 radical (unpaired) electrons. The number of hydrogen-bond donors (Lipinski definition) is 2. The standard InChI is InChI=1S/C11H9BrN2OS/c12-10-7-6-9(16-10)11(15)14-13-8-4-2-1-3-5-8/h1-7,13H,(H,14,15). The summed E-state index contributed by atoms with van der Waals surface area (Å²) in [4.78, 5) is 12.3. The van der Waals surface area contributed by atoms with E-state index in [9.17, 15) is 4.79 Å². The van der Waals surface area contributed by atoms with Gasteiger partial charge in [0.05, 0.1) is 14.4 Å². The lowest BCUT2D eigenvalue weighted by Gasteiger charge is -2.06. The summed E-state index contributed by atoms with van der Waals surface area (Å²) in [6.07, 6.45) is 0. The van der Waals surface area contributed by atoms with Crippen LogP contribution in [0.25, 0.3) is 0 Å². The van der Waals surface area contributed by atoms with Crippen molar-refractivity contribution in [2.24, 2.45) is 0 Å². The maximum absolute atomic E-state index is 11.6. The first-order chi connectivity index (χ1) is 7.75. The highest BCUT2D eigenvalue weighted by atomic mass is 79.9. The van der Waals surface area contributed by atoms with Crippen LogP contribution in [0.3, 0.4) is 0 Å². The first kappa shape index (κ1) is 11.2. The van der Waals surface area contributed by atoms with Crippen molar-refractivity contribution in [1.82, 2.24) is 5.43 Å². The molecule has 0 spiro atoms. The van der Waals surface area contributed by atoms with Gasteiger partial charge in [0.15, 0.2) is 0 Å². The third kappa shape index (κ3) is 2.84. The van der Waals surface area contributed by atoms with Gasteiger partial charge in [0.1, 0.15) is 0 Å². The van der Waals surface area contributed by atoms with Gasteiger partial charge < -0.3 is 0 Å². The zero-order valence-corrected chi connectivity index (χ0v) is 10.6. The molecule has 2 rings (SSSR count). The normalized spacial score (nSPS) is 9.81. The van der Waals surface area contributed by atoms with E-state index in [0.717, 1.165) is 9.47 Å². The average molecular weight is 297 g/mol. The third-order valence-corrected chi connectivity index (χ3v) is 3.51. The summed E-state index contributed by atoms with van der Waals surface area (Å²) in [7, 11) is 0. The first-order valence-corrected chi connectivity index (χ1v) is 6.23. The van der Waals surface area contributed by atoms with Crippen molar-refractivity contribution in [2.75, 3.05) is 5.43 Å². The van der Waals surface area contributed by atoms with Gasteiger partial charge in [-0.1, -0.05) is 18.2 Å². The van der Waals surface area contributed by atoms with E-state index in [-0.39, 0.29) is 5.91 Å². The molecule has 5 heteroatoms. The highest BCUT2D eigenvalue weighted by Gasteiger charge is 2.07. The second-order valence-corrected chi connectivity index (χ2v) is 5.51. The smallest absolute Gasteiger partial charge is 0.279 e. The van der Waals surface area contributed by atoms with Crippen LogP contribution in [-0.2, 0) is 0 Å². The van der Waals surface area contributed by atoms with Crippen LogP contribution in [0.4, 0.5) is 5.69 Å². The van der Waals surface area contributed by atoms with Crippen molar-refractivity contribution < 1.29 is 4.79 Å². The van der Waals surface area contributed by atoms with Crippen LogP contribution in [0.2, 0.25) is 0 Å². The Morgan fingerprint density at radius 1 is 1.12 bits per heavy atom. The fraction of sp³-hybridized carbons (Fsp3) is 0. The Morgan fingerprint density at radius 2 is 1.88 bits per heavy atom. The molecule has 0 fully saturated rings. The van der Waals surface area contributed by atoms with E-state index in [1.54, 1.807) is 6.07 Å². The quantitative estimate of drug-likeness (QED) is 0.854. The molecule has 2 N–H and O–H groups in total. The fourth-order valence-corrected chi connectivity index (χ4v) is 2.43. The van der Waals surface area contributed by atoms with E-state index < -0.39 is 0 Å². The maximum Gasteiger partial charge on any atom is 0.279 e. The minimum atomic E-state index is -0.139. The van der Waals surface area contributed by atoms with Crippen molar-refractivity contribution in [1.29, 1.82) is 0 Å². The SMILES string of the molecule is O=C(NNc1ccccc1)c1ccc(Br)s1. The summed E-state index contributed by atoms with van der Waals surface area (Å²) >= 11 is 4.71. The molecule has 0 unspecified atom stereocenters. The van der Waals surface area contributed by atoms with Gasteiger partial charge in [-0.15, -0.1) is 11.3 Å². The number of carbonyl (C=O) groups is 1. The highest BCUT2D eigenvalue weighted by molar-refractivity contribution is 9.11. The van der Waals surface area contributed by atoms with E-state index in [1.807, 2.05) is 36.4 Å². The molecule has 0 aliphatic rings. The number of hydrogen-bond acceptors (Lipinski definition) is 3. The molecule has 0 aliphatic heterocycles. The number of thiophene rings is 1. The Labute approximate surface area is 106 Å². The molecule has 0 aliphatic carbocycles. The number of hydrazine groups is 1. The van der Waals surface area contributed by atoms with E-state index >= 15 is 0 Å². The van der Waals surface area contributed by atoms with Crippen molar-refractivity contribution in [3.05, 3.63) is 51.1 Å². The molecule has 1 aromatic heterocycles. The van der Waals surface area contributed by atoms with Crippen molar-refractivity contribution in [3.8, 4) is 0 Å². The van der Waals surface area contributed by atoms with Crippen LogP contribution < -0.4 is 10.9 Å². The average Bonchev–Trinajstić information content (AvgIpc) is 2.74. The van der Waals surface area contributed by atoms with Gasteiger partial charge in [-0.05, 0) is 40.2 Å². The summed E-state index contributed by atoms with van der Waals surface area (Å²) in [6.45, 7) is 0. The predicted molar refractivity (Wildman–Crippen MR) is 69.5 cm³/mol. The van der Waals surface area contributed by atoms with Crippen molar-refractivity contribution in [3.63, 3.8) is 0 Å². The molecule has 1 amide bonds. The van der Waals surface area contributed by atoms with Gasteiger partial charge in [-0.25, -0.2) is 0 Å². The van der Waals surface area contributed by atoms with E-state index in [0.29, 0.717) is 4.88 Å². The van der Waals surface area contributed by atoms with Gasteiger partial charge in [-0.2, -0.15) is 0 Å². The number of halogens is 1. The minimum absolute atomic E-state index is 0.139.